The fourth-order valence-electron chi connectivity index (χ4n) is 3.94. The summed E-state index contributed by atoms with van der Waals surface area (Å²) in [6, 6.07) is 19.4. The van der Waals surface area contributed by atoms with Gasteiger partial charge in [0.15, 0.2) is 0 Å². The highest BCUT2D eigenvalue weighted by atomic mass is 15.3. The Bertz CT molecular complexity index is 961. The van der Waals surface area contributed by atoms with E-state index in [0.717, 1.165) is 12.1 Å². The number of nitrogens with zero attached hydrogens (tertiary/aromatic N) is 2. The van der Waals surface area contributed by atoms with Gasteiger partial charge in [-0.2, -0.15) is 5.10 Å². The minimum absolute atomic E-state index is 0.0326. The van der Waals surface area contributed by atoms with Gasteiger partial charge >= 0.3 is 0 Å². The summed E-state index contributed by atoms with van der Waals surface area (Å²) in [5.41, 5.74) is 7.73. The maximum atomic E-state index is 3.49. The molecule has 0 saturated heterocycles. The Labute approximate surface area is 155 Å². The molecule has 1 aromatic heterocycles. The molecule has 0 atom stereocenters. The van der Waals surface area contributed by atoms with Gasteiger partial charge in [0.25, 0.3) is 0 Å². The maximum Gasteiger partial charge on any atom is 0.235 e. The Hall–Kier alpha value is -2.81. The number of rotatable bonds is 3. The average Bonchev–Trinajstić information content (AvgIpc) is 3.17. The van der Waals surface area contributed by atoms with Crippen molar-refractivity contribution in [2.24, 2.45) is 0 Å². The normalized spacial score (nSPS) is 16.9. The number of benzene rings is 2. The SMILES string of the molecule is Cc1ccc(-[n+]2ccc(C/C=C3/N(C)c4ccccc4C3(C)C)[nH]2)cc1. The van der Waals surface area contributed by atoms with Gasteiger partial charge in [0, 0.05) is 48.5 Å². The van der Waals surface area contributed by atoms with Crippen molar-refractivity contribution < 1.29 is 4.68 Å². The van der Waals surface area contributed by atoms with E-state index < -0.39 is 0 Å². The number of allylic oxidation sites excluding steroid dienone is 2. The predicted molar refractivity (Wildman–Crippen MR) is 107 cm³/mol. The van der Waals surface area contributed by atoms with Crippen LogP contribution in [0.3, 0.4) is 0 Å². The quantitative estimate of drug-likeness (QED) is 0.697. The van der Waals surface area contributed by atoms with E-state index in [0.29, 0.717) is 0 Å². The highest BCUT2D eigenvalue weighted by Crippen LogP contribution is 2.46. The number of aryl methyl sites for hydroxylation is 1. The van der Waals surface area contributed by atoms with Crippen LogP contribution in [-0.2, 0) is 11.8 Å². The number of nitrogens with one attached hydrogen (secondary N) is 1. The number of likely N-dealkylation sites (N-methyl/N-ethyl adjacent to an activating group) is 1. The number of hydrogen-bond acceptors (Lipinski definition) is 1. The van der Waals surface area contributed by atoms with Gasteiger partial charge < -0.3 is 4.90 Å². The van der Waals surface area contributed by atoms with E-state index in [1.54, 1.807) is 0 Å². The summed E-state index contributed by atoms with van der Waals surface area (Å²) in [6.45, 7) is 6.73. The number of para-hydroxylation sites is 1. The Morgan fingerprint density at radius 1 is 1.04 bits per heavy atom. The molecule has 0 radical (unpaired) electrons. The molecule has 26 heavy (non-hydrogen) atoms. The molecule has 0 saturated carbocycles. The van der Waals surface area contributed by atoms with Crippen molar-refractivity contribution in [1.29, 1.82) is 0 Å². The lowest BCUT2D eigenvalue weighted by atomic mass is 9.83. The minimum Gasteiger partial charge on any atom is -0.347 e. The fourth-order valence-corrected chi connectivity index (χ4v) is 3.94. The fraction of sp³-hybridized carbons (Fsp3) is 0.261. The molecule has 3 aromatic rings. The Morgan fingerprint density at radius 3 is 2.50 bits per heavy atom. The molecule has 0 unspecified atom stereocenters. The lowest BCUT2D eigenvalue weighted by Crippen LogP contribution is -2.31. The van der Waals surface area contributed by atoms with Crippen LogP contribution in [0.25, 0.3) is 5.69 Å². The van der Waals surface area contributed by atoms with Crippen LogP contribution in [0.15, 0.2) is 72.6 Å². The van der Waals surface area contributed by atoms with Gasteiger partial charge in [0.2, 0.25) is 11.9 Å². The van der Waals surface area contributed by atoms with Crippen LogP contribution >= 0.6 is 0 Å². The third-order valence-corrected chi connectivity index (χ3v) is 5.46. The van der Waals surface area contributed by atoms with Crippen LogP contribution < -0.4 is 9.58 Å². The molecule has 3 nitrogen and oxygen atoms in total. The molecule has 0 fully saturated rings. The van der Waals surface area contributed by atoms with Crippen molar-refractivity contribution in [2.45, 2.75) is 32.6 Å². The summed E-state index contributed by atoms with van der Waals surface area (Å²) >= 11 is 0. The van der Waals surface area contributed by atoms with Crippen molar-refractivity contribution in [1.82, 2.24) is 5.10 Å². The third kappa shape index (κ3) is 2.74. The van der Waals surface area contributed by atoms with Gasteiger partial charge in [-0.3, -0.25) is 0 Å². The number of fused-ring (bicyclic) bond motifs is 1. The molecule has 132 valence electrons. The summed E-state index contributed by atoms with van der Waals surface area (Å²) in [5.74, 6) is 0. The summed E-state index contributed by atoms with van der Waals surface area (Å²) in [4.78, 5) is 2.33. The van der Waals surface area contributed by atoms with E-state index in [1.165, 1.54) is 28.2 Å². The number of hydrogen-bond donors (Lipinski definition) is 1. The van der Waals surface area contributed by atoms with E-state index in [-0.39, 0.29) is 5.41 Å². The van der Waals surface area contributed by atoms with Crippen LogP contribution in [0.5, 0.6) is 0 Å². The molecule has 0 aliphatic carbocycles. The van der Waals surface area contributed by atoms with Crippen LogP contribution in [0, 0.1) is 6.92 Å². The molecule has 0 amide bonds. The first-order valence-electron chi connectivity index (χ1n) is 9.17. The molecule has 3 heteroatoms. The standard InChI is InChI=1S/C23H25N3/c1-17-9-12-19(13-10-17)26-16-15-18(24-26)11-14-22-23(2,3)20-7-5-6-8-21(20)25(22)4/h5-10,12-16H,11H2,1-4H3/p+1/b22-14+. The van der Waals surface area contributed by atoms with E-state index in [9.17, 15) is 0 Å². The molecule has 1 aliphatic rings. The highest BCUT2D eigenvalue weighted by molar-refractivity contribution is 5.69. The molecule has 0 bridgehead atoms. The first kappa shape index (κ1) is 16.6. The zero-order valence-corrected chi connectivity index (χ0v) is 16.0. The molecule has 1 N–H and O–H groups in total. The third-order valence-electron chi connectivity index (χ3n) is 5.46. The first-order chi connectivity index (χ1) is 12.5. The molecular weight excluding hydrogens is 318 g/mol. The minimum atomic E-state index is 0.0326. The lowest BCUT2D eigenvalue weighted by Gasteiger charge is -2.24. The Morgan fingerprint density at radius 2 is 1.77 bits per heavy atom. The molecule has 0 spiro atoms. The summed E-state index contributed by atoms with van der Waals surface area (Å²) in [7, 11) is 2.17. The van der Waals surface area contributed by atoms with Gasteiger partial charge in [-0.25, -0.2) is 0 Å². The second-order valence-electron chi connectivity index (χ2n) is 7.65. The molecule has 2 heterocycles. The van der Waals surface area contributed by atoms with Crippen molar-refractivity contribution in [2.75, 3.05) is 11.9 Å². The second-order valence-corrected chi connectivity index (χ2v) is 7.65. The van der Waals surface area contributed by atoms with Gasteiger partial charge in [-0.15, -0.1) is 0 Å². The summed E-state index contributed by atoms with van der Waals surface area (Å²) in [5, 5.41) is 3.49. The largest absolute Gasteiger partial charge is 0.347 e. The zero-order valence-electron chi connectivity index (χ0n) is 16.0. The highest BCUT2D eigenvalue weighted by Gasteiger charge is 2.37. The van der Waals surface area contributed by atoms with Gasteiger partial charge in [0.1, 0.15) is 0 Å². The Kier molecular flexibility index (Phi) is 3.95. The lowest BCUT2D eigenvalue weighted by molar-refractivity contribution is -0.655. The molecule has 1 aliphatic heterocycles. The number of aromatic nitrogens is 2. The van der Waals surface area contributed by atoms with E-state index in [2.05, 4.69) is 109 Å². The number of anilines is 1. The monoisotopic (exact) mass is 344 g/mol. The smallest absolute Gasteiger partial charge is 0.235 e. The van der Waals surface area contributed by atoms with Gasteiger partial charge in [-0.1, -0.05) is 60.5 Å². The summed E-state index contributed by atoms with van der Waals surface area (Å²) < 4.78 is 2.07. The van der Waals surface area contributed by atoms with Gasteiger partial charge in [0.05, 0.1) is 5.69 Å². The van der Waals surface area contributed by atoms with Crippen molar-refractivity contribution >= 4 is 5.69 Å². The number of H-pyrrole nitrogens is 1. The summed E-state index contributed by atoms with van der Waals surface area (Å²) in [6.07, 6.45) is 5.33. The average molecular weight is 344 g/mol. The van der Waals surface area contributed by atoms with Crippen molar-refractivity contribution in [3.05, 3.63) is 89.4 Å². The topological polar surface area (TPSA) is 22.9 Å². The second kappa shape index (κ2) is 6.17. The molecular formula is C23H26N3+. The number of aromatic amines is 1. The molecule has 2 aromatic carbocycles. The first-order valence-corrected chi connectivity index (χ1v) is 9.17. The van der Waals surface area contributed by atoms with E-state index in [1.807, 2.05) is 0 Å². The zero-order chi connectivity index (χ0) is 18.3. The predicted octanol–water partition coefficient (Wildman–Crippen LogP) is 4.45. The Balaban J connectivity index is 1.58. The maximum absolute atomic E-state index is 3.49. The van der Waals surface area contributed by atoms with E-state index in [4.69, 9.17) is 0 Å². The van der Waals surface area contributed by atoms with Crippen LogP contribution in [-0.4, -0.2) is 12.1 Å². The van der Waals surface area contributed by atoms with Crippen molar-refractivity contribution in [3.63, 3.8) is 0 Å². The van der Waals surface area contributed by atoms with Crippen LogP contribution in [0.2, 0.25) is 0 Å². The van der Waals surface area contributed by atoms with Crippen molar-refractivity contribution in [3.8, 4) is 5.69 Å². The molecule has 4 rings (SSSR count). The van der Waals surface area contributed by atoms with Crippen LogP contribution in [0.1, 0.15) is 30.7 Å². The van der Waals surface area contributed by atoms with Crippen LogP contribution in [0.4, 0.5) is 5.69 Å². The van der Waals surface area contributed by atoms with Gasteiger partial charge in [-0.05, 0) is 18.6 Å². The van der Waals surface area contributed by atoms with E-state index >= 15 is 0 Å².